The lowest BCUT2D eigenvalue weighted by molar-refractivity contribution is -0.145. The second-order valence-corrected chi connectivity index (χ2v) is 7.11. The van der Waals surface area contributed by atoms with Crippen molar-refractivity contribution in [1.82, 2.24) is 4.31 Å². The Morgan fingerprint density at radius 1 is 1.45 bits per heavy atom. The molecule has 0 spiro atoms. The number of carbonyl (C=O) groups is 2. The number of hydrogen-bond acceptors (Lipinski definition) is 5. The molecule has 116 valence electrons. The maximum Gasteiger partial charge on any atom is 0.309 e. The maximum absolute atomic E-state index is 12.3. The summed E-state index contributed by atoms with van der Waals surface area (Å²) in [6.07, 6.45) is 0.974. The molecular formula is C12H21NO6S. The number of sulfonamides is 1. The third-order valence-electron chi connectivity index (χ3n) is 3.67. The third kappa shape index (κ3) is 3.69. The molecule has 1 fully saturated rings. The van der Waals surface area contributed by atoms with Crippen molar-refractivity contribution in [2.24, 2.45) is 11.8 Å². The molecule has 1 saturated heterocycles. The molecule has 20 heavy (non-hydrogen) atoms. The van der Waals surface area contributed by atoms with Gasteiger partial charge in [0.1, 0.15) is 0 Å². The molecule has 0 bridgehead atoms. The topological polar surface area (TPSA) is 101 Å². The number of rotatable bonds is 5. The number of hydrogen-bond donors (Lipinski definition) is 1. The van der Waals surface area contributed by atoms with E-state index in [4.69, 9.17) is 5.11 Å². The van der Waals surface area contributed by atoms with E-state index in [0.29, 0.717) is 19.4 Å². The van der Waals surface area contributed by atoms with Crippen molar-refractivity contribution in [2.45, 2.75) is 32.7 Å². The first-order valence-electron chi connectivity index (χ1n) is 6.51. The molecule has 0 aromatic rings. The van der Waals surface area contributed by atoms with Crippen LogP contribution in [0.2, 0.25) is 0 Å². The summed E-state index contributed by atoms with van der Waals surface area (Å²) >= 11 is 0. The molecule has 3 atom stereocenters. The van der Waals surface area contributed by atoms with Gasteiger partial charge in [0.05, 0.1) is 24.7 Å². The Labute approximate surface area is 118 Å². The van der Waals surface area contributed by atoms with Crippen LogP contribution in [0.15, 0.2) is 0 Å². The van der Waals surface area contributed by atoms with Crippen LogP contribution >= 0.6 is 0 Å². The van der Waals surface area contributed by atoms with Crippen LogP contribution in [-0.4, -0.2) is 55.2 Å². The maximum atomic E-state index is 12.3. The van der Waals surface area contributed by atoms with Gasteiger partial charge in [-0.3, -0.25) is 9.59 Å². The highest BCUT2D eigenvalue weighted by atomic mass is 32.2. The Hall–Kier alpha value is -1.15. The number of carboxylic acid groups (broad SMARTS) is 1. The zero-order valence-electron chi connectivity index (χ0n) is 11.9. The number of piperidine rings is 1. The molecule has 1 N–H and O–H groups in total. The Bertz CT molecular complexity index is 474. The van der Waals surface area contributed by atoms with Gasteiger partial charge >= 0.3 is 11.9 Å². The lowest BCUT2D eigenvalue weighted by atomic mass is 9.92. The fourth-order valence-corrected chi connectivity index (χ4v) is 4.54. The minimum atomic E-state index is -3.68. The van der Waals surface area contributed by atoms with Crippen LogP contribution in [0.4, 0.5) is 0 Å². The normalized spacial score (nSPS) is 25.9. The van der Waals surface area contributed by atoms with Gasteiger partial charge in [0.15, 0.2) is 0 Å². The second kappa shape index (κ2) is 6.53. The Kier molecular flexibility index (Phi) is 5.52. The van der Waals surface area contributed by atoms with Crippen molar-refractivity contribution in [2.75, 3.05) is 19.4 Å². The van der Waals surface area contributed by atoms with Crippen LogP contribution in [-0.2, 0) is 24.3 Å². The molecule has 1 aliphatic heterocycles. The van der Waals surface area contributed by atoms with E-state index in [2.05, 4.69) is 4.74 Å². The summed E-state index contributed by atoms with van der Waals surface area (Å²) in [4.78, 5) is 22.4. The van der Waals surface area contributed by atoms with Gasteiger partial charge in [-0.2, -0.15) is 4.31 Å². The van der Waals surface area contributed by atoms with Crippen LogP contribution < -0.4 is 0 Å². The van der Waals surface area contributed by atoms with Crippen molar-refractivity contribution in [3.05, 3.63) is 0 Å². The largest absolute Gasteiger partial charge is 0.481 e. The molecule has 0 aromatic carbocycles. The number of methoxy groups -OCH3 is 1. The Morgan fingerprint density at radius 2 is 2.05 bits per heavy atom. The summed E-state index contributed by atoms with van der Waals surface area (Å²) in [5, 5.41) is 9.10. The van der Waals surface area contributed by atoms with Crippen LogP contribution in [0.3, 0.4) is 0 Å². The van der Waals surface area contributed by atoms with Gasteiger partial charge in [-0.25, -0.2) is 8.42 Å². The number of carbonyl (C=O) groups excluding carboxylic acids is 1. The van der Waals surface area contributed by atoms with E-state index >= 15 is 0 Å². The van der Waals surface area contributed by atoms with Crippen LogP contribution in [0, 0.1) is 11.8 Å². The molecule has 1 unspecified atom stereocenters. The van der Waals surface area contributed by atoms with Gasteiger partial charge in [0.2, 0.25) is 10.0 Å². The molecule has 0 saturated carbocycles. The summed E-state index contributed by atoms with van der Waals surface area (Å²) < 4.78 is 30.4. The number of carboxylic acids is 1. The first-order valence-corrected chi connectivity index (χ1v) is 8.11. The summed E-state index contributed by atoms with van der Waals surface area (Å²) in [6.45, 7) is 3.37. The second-order valence-electron chi connectivity index (χ2n) is 5.14. The highest BCUT2D eigenvalue weighted by Crippen LogP contribution is 2.27. The molecular weight excluding hydrogens is 286 g/mol. The summed E-state index contributed by atoms with van der Waals surface area (Å²) in [5.41, 5.74) is 0. The average Bonchev–Trinajstić information content (AvgIpc) is 2.36. The fraction of sp³-hybridized carbons (Fsp3) is 0.833. The van der Waals surface area contributed by atoms with E-state index in [1.807, 2.05) is 0 Å². The van der Waals surface area contributed by atoms with Gasteiger partial charge < -0.3 is 9.84 Å². The smallest absolute Gasteiger partial charge is 0.309 e. The van der Waals surface area contributed by atoms with Crippen LogP contribution in [0.5, 0.6) is 0 Å². The highest BCUT2D eigenvalue weighted by Gasteiger charge is 2.39. The summed E-state index contributed by atoms with van der Waals surface area (Å²) in [6, 6.07) is -0.601. The molecule has 8 heteroatoms. The molecule has 0 aliphatic carbocycles. The highest BCUT2D eigenvalue weighted by molar-refractivity contribution is 7.89. The predicted octanol–water partition coefficient (Wildman–Crippen LogP) is 0.310. The average molecular weight is 307 g/mol. The molecule has 0 radical (unpaired) electrons. The standard InChI is InChI=1S/C12H21NO6S/c1-8(12(16)19-3)7-20(17,18)13-6-4-5-10(9(13)2)11(14)15/h8-10H,4-7H2,1-3H3,(H,14,15)/t8?,9-,10-/m0/s1. The molecule has 1 aliphatic rings. The quantitative estimate of drug-likeness (QED) is 0.734. The van der Waals surface area contributed by atoms with Crippen molar-refractivity contribution >= 4 is 22.0 Å². The minimum absolute atomic E-state index is 0.293. The van der Waals surface area contributed by atoms with E-state index in [1.54, 1.807) is 6.92 Å². The van der Waals surface area contributed by atoms with E-state index in [1.165, 1.54) is 18.3 Å². The number of esters is 1. The van der Waals surface area contributed by atoms with E-state index in [9.17, 15) is 18.0 Å². The first-order chi connectivity index (χ1) is 9.20. The number of nitrogens with zero attached hydrogens (tertiary/aromatic N) is 1. The van der Waals surface area contributed by atoms with Gasteiger partial charge in [-0.1, -0.05) is 6.92 Å². The van der Waals surface area contributed by atoms with Crippen LogP contribution in [0.1, 0.15) is 26.7 Å². The monoisotopic (exact) mass is 307 g/mol. The fourth-order valence-electron chi connectivity index (χ4n) is 2.52. The number of aliphatic carboxylic acids is 1. The molecule has 0 amide bonds. The molecule has 1 rings (SSSR count). The molecule has 7 nitrogen and oxygen atoms in total. The van der Waals surface area contributed by atoms with Gasteiger partial charge in [0, 0.05) is 12.6 Å². The Balaban J connectivity index is 2.86. The van der Waals surface area contributed by atoms with Gasteiger partial charge in [-0.05, 0) is 19.8 Å². The van der Waals surface area contributed by atoms with Gasteiger partial charge in [-0.15, -0.1) is 0 Å². The van der Waals surface area contributed by atoms with E-state index in [-0.39, 0.29) is 5.75 Å². The van der Waals surface area contributed by atoms with E-state index < -0.39 is 39.8 Å². The number of ether oxygens (including phenoxy) is 1. The Morgan fingerprint density at radius 3 is 2.55 bits per heavy atom. The minimum Gasteiger partial charge on any atom is -0.481 e. The van der Waals surface area contributed by atoms with Crippen molar-refractivity contribution in [1.29, 1.82) is 0 Å². The lowest BCUT2D eigenvalue weighted by Gasteiger charge is -2.36. The summed E-state index contributed by atoms with van der Waals surface area (Å²) in [7, 11) is -2.48. The summed E-state index contributed by atoms with van der Waals surface area (Å²) in [5.74, 6) is -3.42. The first kappa shape index (κ1) is 16.9. The SMILES string of the molecule is COC(=O)C(C)CS(=O)(=O)N1CCC[C@H](C(=O)O)[C@@H]1C. The van der Waals surface area contributed by atoms with Gasteiger partial charge in [0.25, 0.3) is 0 Å². The zero-order valence-corrected chi connectivity index (χ0v) is 12.7. The van der Waals surface area contributed by atoms with E-state index in [0.717, 1.165) is 0 Å². The van der Waals surface area contributed by atoms with Crippen molar-refractivity contribution in [3.8, 4) is 0 Å². The third-order valence-corrected chi connectivity index (χ3v) is 5.82. The zero-order chi connectivity index (χ0) is 15.5. The lowest BCUT2D eigenvalue weighted by Crippen LogP contribution is -2.50. The molecule has 0 aromatic heterocycles. The molecule has 1 heterocycles. The predicted molar refractivity (Wildman–Crippen MR) is 71.5 cm³/mol. The van der Waals surface area contributed by atoms with Crippen molar-refractivity contribution < 1.29 is 27.9 Å². The van der Waals surface area contributed by atoms with Crippen molar-refractivity contribution in [3.63, 3.8) is 0 Å². The van der Waals surface area contributed by atoms with Crippen LogP contribution in [0.25, 0.3) is 0 Å².